The molecule has 0 spiro atoms. The number of para-hydroxylation sites is 1. The summed E-state index contributed by atoms with van der Waals surface area (Å²) < 4.78 is 10.8. The van der Waals surface area contributed by atoms with E-state index in [1.807, 2.05) is 12.1 Å². The Morgan fingerprint density at radius 2 is 2.10 bits per heavy atom. The van der Waals surface area contributed by atoms with Gasteiger partial charge in [0.05, 0.1) is 14.2 Å². The van der Waals surface area contributed by atoms with Gasteiger partial charge in [-0.25, -0.2) is 0 Å². The first-order valence-corrected chi connectivity index (χ1v) is 7.44. The zero-order valence-corrected chi connectivity index (χ0v) is 12.5. The lowest BCUT2D eigenvalue weighted by Crippen LogP contribution is -2.31. The first-order valence-electron chi connectivity index (χ1n) is 7.44. The van der Waals surface area contributed by atoms with Gasteiger partial charge in [-0.15, -0.1) is 0 Å². The van der Waals surface area contributed by atoms with Crippen molar-refractivity contribution in [2.24, 2.45) is 11.7 Å². The van der Waals surface area contributed by atoms with E-state index in [1.165, 1.54) is 25.7 Å². The largest absolute Gasteiger partial charge is 0.493 e. The summed E-state index contributed by atoms with van der Waals surface area (Å²) in [6.07, 6.45) is 5.41. The second-order valence-corrected chi connectivity index (χ2v) is 5.41. The SMILES string of the molecule is COc1cccc(C(CN)NCCC2CCC2)c1OC. The van der Waals surface area contributed by atoms with Crippen molar-refractivity contribution in [2.75, 3.05) is 27.3 Å². The Bertz CT molecular complexity index is 419. The van der Waals surface area contributed by atoms with Crippen LogP contribution in [0.3, 0.4) is 0 Å². The van der Waals surface area contributed by atoms with Gasteiger partial charge in [-0.2, -0.15) is 0 Å². The molecular formula is C16H26N2O2. The van der Waals surface area contributed by atoms with Crippen molar-refractivity contribution < 1.29 is 9.47 Å². The molecule has 3 N–H and O–H groups in total. The Hall–Kier alpha value is -1.26. The molecule has 1 atom stereocenters. The molecular weight excluding hydrogens is 252 g/mol. The van der Waals surface area contributed by atoms with Crippen LogP contribution in [0.5, 0.6) is 11.5 Å². The molecule has 1 aliphatic rings. The van der Waals surface area contributed by atoms with Crippen LogP contribution in [-0.4, -0.2) is 27.3 Å². The van der Waals surface area contributed by atoms with Gasteiger partial charge >= 0.3 is 0 Å². The maximum Gasteiger partial charge on any atom is 0.165 e. The van der Waals surface area contributed by atoms with Gasteiger partial charge in [0.2, 0.25) is 0 Å². The van der Waals surface area contributed by atoms with Crippen molar-refractivity contribution in [1.29, 1.82) is 0 Å². The summed E-state index contributed by atoms with van der Waals surface area (Å²) in [6.45, 7) is 1.56. The van der Waals surface area contributed by atoms with E-state index in [0.29, 0.717) is 6.54 Å². The molecule has 1 saturated carbocycles. The van der Waals surface area contributed by atoms with Crippen molar-refractivity contribution in [2.45, 2.75) is 31.7 Å². The van der Waals surface area contributed by atoms with Gasteiger partial charge in [0.1, 0.15) is 0 Å². The van der Waals surface area contributed by atoms with Crippen molar-refractivity contribution in [3.8, 4) is 11.5 Å². The van der Waals surface area contributed by atoms with Crippen LogP contribution in [-0.2, 0) is 0 Å². The summed E-state index contributed by atoms with van der Waals surface area (Å²) in [7, 11) is 3.33. The van der Waals surface area contributed by atoms with E-state index in [2.05, 4.69) is 11.4 Å². The molecule has 1 aliphatic carbocycles. The van der Waals surface area contributed by atoms with Gasteiger partial charge in [-0.3, -0.25) is 0 Å². The Morgan fingerprint density at radius 1 is 1.30 bits per heavy atom. The third kappa shape index (κ3) is 3.44. The highest BCUT2D eigenvalue weighted by Gasteiger charge is 2.20. The Kier molecular flexibility index (Phi) is 5.68. The van der Waals surface area contributed by atoms with Crippen LogP contribution in [0.15, 0.2) is 18.2 Å². The quantitative estimate of drug-likeness (QED) is 0.767. The topological polar surface area (TPSA) is 56.5 Å². The third-order valence-electron chi connectivity index (χ3n) is 4.21. The van der Waals surface area contributed by atoms with Gasteiger partial charge < -0.3 is 20.5 Å². The summed E-state index contributed by atoms with van der Waals surface area (Å²) in [5.74, 6) is 2.44. The minimum Gasteiger partial charge on any atom is -0.493 e. The second-order valence-electron chi connectivity index (χ2n) is 5.41. The van der Waals surface area contributed by atoms with Crippen LogP contribution in [0.4, 0.5) is 0 Å². The van der Waals surface area contributed by atoms with Crippen LogP contribution in [0.1, 0.15) is 37.3 Å². The van der Waals surface area contributed by atoms with E-state index < -0.39 is 0 Å². The average Bonchev–Trinajstić information content (AvgIpc) is 2.44. The van der Waals surface area contributed by atoms with Crippen LogP contribution >= 0.6 is 0 Å². The molecule has 4 heteroatoms. The molecule has 0 radical (unpaired) electrons. The number of benzene rings is 1. The molecule has 0 saturated heterocycles. The standard InChI is InChI=1S/C16H26N2O2/c1-19-15-8-4-7-13(16(15)20-2)14(11-17)18-10-9-12-5-3-6-12/h4,7-8,12,14,18H,3,5-6,9-11,17H2,1-2H3. The fourth-order valence-electron chi connectivity index (χ4n) is 2.75. The number of ether oxygens (including phenoxy) is 2. The second kappa shape index (κ2) is 7.50. The monoisotopic (exact) mass is 278 g/mol. The number of hydrogen-bond donors (Lipinski definition) is 2. The average molecular weight is 278 g/mol. The van der Waals surface area contributed by atoms with Crippen LogP contribution in [0, 0.1) is 5.92 Å². The van der Waals surface area contributed by atoms with Gasteiger partial charge in [0.15, 0.2) is 11.5 Å². The summed E-state index contributed by atoms with van der Waals surface area (Å²) in [5.41, 5.74) is 7.00. The molecule has 0 aromatic heterocycles. The van der Waals surface area contributed by atoms with Gasteiger partial charge in [0, 0.05) is 18.2 Å². The fourth-order valence-corrected chi connectivity index (χ4v) is 2.75. The molecule has 112 valence electrons. The normalized spacial score (nSPS) is 16.6. The van der Waals surface area contributed by atoms with Crippen molar-refractivity contribution in [3.63, 3.8) is 0 Å². The molecule has 0 aliphatic heterocycles. The summed E-state index contributed by atoms with van der Waals surface area (Å²) in [4.78, 5) is 0. The Morgan fingerprint density at radius 3 is 2.65 bits per heavy atom. The molecule has 1 fully saturated rings. The van der Waals surface area contributed by atoms with Crippen LogP contribution in [0.25, 0.3) is 0 Å². The van der Waals surface area contributed by atoms with Crippen LogP contribution in [0.2, 0.25) is 0 Å². The molecule has 4 nitrogen and oxygen atoms in total. The van der Waals surface area contributed by atoms with Crippen molar-refractivity contribution in [1.82, 2.24) is 5.32 Å². The molecule has 1 aromatic carbocycles. The lowest BCUT2D eigenvalue weighted by molar-refractivity contribution is 0.286. The zero-order chi connectivity index (χ0) is 14.4. The lowest BCUT2D eigenvalue weighted by atomic mass is 9.83. The molecule has 0 amide bonds. The lowest BCUT2D eigenvalue weighted by Gasteiger charge is -2.27. The number of hydrogen-bond acceptors (Lipinski definition) is 4. The van der Waals surface area contributed by atoms with E-state index in [1.54, 1.807) is 14.2 Å². The highest BCUT2D eigenvalue weighted by molar-refractivity contribution is 5.48. The summed E-state index contributed by atoms with van der Waals surface area (Å²) in [6, 6.07) is 6.05. The first kappa shape index (κ1) is 15.1. The van der Waals surface area contributed by atoms with Crippen LogP contribution < -0.4 is 20.5 Å². The van der Waals surface area contributed by atoms with Gasteiger partial charge in [-0.05, 0) is 24.9 Å². The fraction of sp³-hybridized carbons (Fsp3) is 0.625. The van der Waals surface area contributed by atoms with E-state index in [-0.39, 0.29) is 6.04 Å². The van der Waals surface area contributed by atoms with Gasteiger partial charge in [0.25, 0.3) is 0 Å². The van der Waals surface area contributed by atoms with E-state index in [4.69, 9.17) is 15.2 Å². The minimum absolute atomic E-state index is 0.111. The third-order valence-corrected chi connectivity index (χ3v) is 4.21. The number of methoxy groups -OCH3 is 2. The number of nitrogens with one attached hydrogen (secondary N) is 1. The molecule has 1 unspecified atom stereocenters. The molecule has 1 aromatic rings. The number of nitrogens with two attached hydrogens (primary N) is 1. The van der Waals surface area contributed by atoms with E-state index in [0.717, 1.165) is 29.5 Å². The maximum absolute atomic E-state index is 5.92. The Balaban J connectivity index is 2.01. The predicted octanol–water partition coefficient (Wildman–Crippen LogP) is 2.48. The zero-order valence-electron chi connectivity index (χ0n) is 12.5. The highest BCUT2D eigenvalue weighted by atomic mass is 16.5. The molecule has 20 heavy (non-hydrogen) atoms. The van der Waals surface area contributed by atoms with E-state index >= 15 is 0 Å². The molecule has 0 heterocycles. The summed E-state index contributed by atoms with van der Waals surface area (Å²) in [5, 5.41) is 3.55. The predicted molar refractivity (Wildman–Crippen MR) is 81.3 cm³/mol. The highest BCUT2D eigenvalue weighted by Crippen LogP contribution is 2.34. The first-order chi connectivity index (χ1) is 9.80. The Labute approximate surface area is 121 Å². The minimum atomic E-state index is 0.111. The molecule has 2 rings (SSSR count). The molecule has 0 bridgehead atoms. The van der Waals surface area contributed by atoms with Gasteiger partial charge in [-0.1, -0.05) is 31.4 Å². The van der Waals surface area contributed by atoms with Crippen molar-refractivity contribution >= 4 is 0 Å². The maximum atomic E-state index is 5.92. The van der Waals surface area contributed by atoms with E-state index in [9.17, 15) is 0 Å². The van der Waals surface area contributed by atoms with Crippen molar-refractivity contribution in [3.05, 3.63) is 23.8 Å². The summed E-state index contributed by atoms with van der Waals surface area (Å²) >= 11 is 0. The number of rotatable bonds is 8. The smallest absolute Gasteiger partial charge is 0.165 e.